The van der Waals surface area contributed by atoms with Gasteiger partial charge in [0, 0.05) is 0 Å². The van der Waals surface area contributed by atoms with Crippen molar-refractivity contribution in [3.63, 3.8) is 0 Å². The van der Waals surface area contributed by atoms with Gasteiger partial charge in [-0.1, -0.05) is 30.8 Å². The summed E-state index contributed by atoms with van der Waals surface area (Å²) in [7, 11) is 0. The molecule has 1 aromatic carbocycles. The Morgan fingerprint density at radius 1 is 1.47 bits per heavy atom. The fourth-order valence-corrected chi connectivity index (χ4v) is 1.83. The number of carbonyl (C=O) groups is 1. The molecule has 1 heterocycles. The highest BCUT2D eigenvalue weighted by atomic mass is 16.5. The Morgan fingerprint density at radius 2 is 2.20 bits per heavy atom. The first-order chi connectivity index (χ1) is 7.20. The maximum atomic E-state index is 11.8. The molecule has 1 unspecified atom stereocenters. The molecule has 0 radical (unpaired) electrons. The van der Waals surface area contributed by atoms with Gasteiger partial charge in [0.25, 0.3) is 0 Å². The zero-order valence-corrected chi connectivity index (χ0v) is 8.82. The van der Waals surface area contributed by atoms with Crippen LogP contribution < -0.4 is 0 Å². The maximum Gasteiger partial charge on any atom is 0.191 e. The van der Waals surface area contributed by atoms with E-state index in [-0.39, 0.29) is 5.78 Å². The lowest BCUT2D eigenvalue weighted by atomic mass is 9.93. The number of rotatable bonds is 2. The number of Topliss-reactive ketones (excluding diaryl/α,β-unsaturated/α-hetero) is 1. The smallest absolute Gasteiger partial charge is 0.191 e. The van der Waals surface area contributed by atoms with Crippen LogP contribution in [0.25, 0.3) is 0 Å². The normalized spacial score (nSPS) is 19.4. The summed E-state index contributed by atoms with van der Waals surface area (Å²) in [5.74, 6) is -0.0119. The van der Waals surface area contributed by atoms with Crippen molar-refractivity contribution >= 4 is 5.78 Å². The van der Waals surface area contributed by atoms with Crippen LogP contribution in [0.15, 0.2) is 36.4 Å². The molecule has 0 saturated carbocycles. The van der Waals surface area contributed by atoms with Gasteiger partial charge in [0.05, 0.1) is 6.61 Å². The lowest BCUT2D eigenvalue weighted by Gasteiger charge is -2.24. The van der Waals surface area contributed by atoms with E-state index in [1.54, 1.807) is 6.92 Å². The molecule has 1 aromatic rings. The molecule has 2 heteroatoms. The summed E-state index contributed by atoms with van der Waals surface area (Å²) in [6, 6.07) is 7.94. The summed E-state index contributed by atoms with van der Waals surface area (Å²) in [5, 5.41) is 0. The van der Waals surface area contributed by atoms with Gasteiger partial charge in [0.2, 0.25) is 0 Å². The summed E-state index contributed by atoms with van der Waals surface area (Å²) in [6.07, 6.45) is 0.448. The third kappa shape index (κ3) is 1.85. The van der Waals surface area contributed by atoms with Gasteiger partial charge in [0.1, 0.15) is 6.10 Å². The minimum Gasteiger partial charge on any atom is -0.365 e. The summed E-state index contributed by atoms with van der Waals surface area (Å²) in [4.78, 5) is 11.8. The summed E-state index contributed by atoms with van der Waals surface area (Å²) in [6.45, 7) is 6.01. The lowest BCUT2D eigenvalue weighted by molar-refractivity contribution is -0.127. The topological polar surface area (TPSA) is 26.3 Å². The molecule has 1 aliphatic rings. The first kappa shape index (κ1) is 10.1. The zero-order chi connectivity index (χ0) is 10.8. The summed E-state index contributed by atoms with van der Waals surface area (Å²) in [5.41, 5.74) is 2.76. The molecule has 0 saturated heterocycles. The lowest BCUT2D eigenvalue weighted by Crippen LogP contribution is -2.23. The van der Waals surface area contributed by atoms with E-state index in [0.717, 1.165) is 12.0 Å². The van der Waals surface area contributed by atoms with Gasteiger partial charge in [0.15, 0.2) is 5.78 Å². The van der Waals surface area contributed by atoms with E-state index in [1.807, 2.05) is 18.2 Å². The molecule has 1 atom stereocenters. The van der Waals surface area contributed by atoms with Gasteiger partial charge in [-0.3, -0.25) is 4.79 Å². The monoisotopic (exact) mass is 202 g/mol. The predicted octanol–water partition coefficient (Wildman–Crippen LogP) is 2.45. The average molecular weight is 202 g/mol. The minimum absolute atomic E-state index is 0.0119. The van der Waals surface area contributed by atoms with E-state index in [9.17, 15) is 4.79 Å². The van der Waals surface area contributed by atoms with Gasteiger partial charge >= 0.3 is 0 Å². The van der Waals surface area contributed by atoms with Crippen LogP contribution in [0.5, 0.6) is 0 Å². The van der Waals surface area contributed by atoms with Gasteiger partial charge < -0.3 is 4.74 Å². The van der Waals surface area contributed by atoms with Gasteiger partial charge in [-0.05, 0) is 30.0 Å². The number of hydrogen-bond donors (Lipinski definition) is 0. The highest BCUT2D eigenvalue weighted by molar-refractivity contribution is 5.98. The minimum atomic E-state index is -0.438. The third-order valence-corrected chi connectivity index (χ3v) is 2.65. The van der Waals surface area contributed by atoms with E-state index in [4.69, 9.17) is 4.74 Å². The average Bonchev–Trinajstić information content (AvgIpc) is 2.27. The van der Waals surface area contributed by atoms with Gasteiger partial charge in [-0.2, -0.15) is 0 Å². The first-order valence-corrected chi connectivity index (χ1v) is 5.09. The van der Waals surface area contributed by atoms with Crippen LogP contribution >= 0.6 is 0 Å². The van der Waals surface area contributed by atoms with Crippen molar-refractivity contribution in [2.45, 2.75) is 19.4 Å². The second-order valence-electron chi connectivity index (χ2n) is 3.84. The molecule has 0 N–H and O–H groups in total. The highest BCUT2D eigenvalue weighted by Crippen LogP contribution is 2.28. The molecular weight excluding hydrogens is 188 g/mol. The van der Waals surface area contributed by atoms with Crippen molar-refractivity contribution in [3.05, 3.63) is 47.5 Å². The van der Waals surface area contributed by atoms with E-state index in [1.165, 1.54) is 5.56 Å². The summed E-state index contributed by atoms with van der Waals surface area (Å²) >= 11 is 0. The largest absolute Gasteiger partial charge is 0.365 e. The maximum absolute atomic E-state index is 11.8. The number of ether oxygens (including phenoxy) is 1. The highest BCUT2D eigenvalue weighted by Gasteiger charge is 2.26. The van der Waals surface area contributed by atoms with Crippen LogP contribution in [0.1, 0.15) is 24.2 Å². The van der Waals surface area contributed by atoms with Crippen LogP contribution in [0, 0.1) is 0 Å². The van der Waals surface area contributed by atoms with E-state index in [0.29, 0.717) is 12.2 Å². The molecular formula is C13H14O2. The number of ketones is 1. The molecule has 1 aliphatic heterocycles. The van der Waals surface area contributed by atoms with E-state index >= 15 is 0 Å². The second-order valence-corrected chi connectivity index (χ2v) is 3.84. The number of fused-ring (bicyclic) bond motifs is 1. The zero-order valence-electron chi connectivity index (χ0n) is 8.82. The number of hydrogen-bond acceptors (Lipinski definition) is 2. The van der Waals surface area contributed by atoms with Gasteiger partial charge in [-0.15, -0.1) is 0 Å². The Kier molecular flexibility index (Phi) is 2.69. The molecule has 0 spiro atoms. The number of carbonyl (C=O) groups excluding carboxylic acids is 1. The Labute approximate surface area is 89.6 Å². The Morgan fingerprint density at radius 3 is 2.93 bits per heavy atom. The van der Waals surface area contributed by atoms with Crippen LogP contribution in [-0.2, 0) is 16.0 Å². The molecule has 78 valence electrons. The molecule has 0 bridgehead atoms. The van der Waals surface area contributed by atoms with Crippen molar-refractivity contribution in [1.29, 1.82) is 0 Å². The number of benzene rings is 1. The molecule has 15 heavy (non-hydrogen) atoms. The fraction of sp³-hybridized carbons (Fsp3) is 0.308. The van der Waals surface area contributed by atoms with Crippen LogP contribution in [0.4, 0.5) is 0 Å². The van der Waals surface area contributed by atoms with Crippen molar-refractivity contribution in [3.8, 4) is 0 Å². The van der Waals surface area contributed by atoms with Crippen molar-refractivity contribution in [2.24, 2.45) is 0 Å². The second kappa shape index (κ2) is 3.99. The standard InChI is InChI=1S/C13H14O2/c1-9(2)12(14)13-11-6-4-3-5-10(11)7-8-15-13/h3-6,13H,1,7-8H2,2H3. The molecule has 0 amide bonds. The Balaban J connectivity index is 2.38. The van der Waals surface area contributed by atoms with Gasteiger partial charge in [-0.25, -0.2) is 0 Å². The quantitative estimate of drug-likeness (QED) is 0.688. The van der Waals surface area contributed by atoms with Crippen molar-refractivity contribution < 1.29 is 9.53 Å². The Bertz CT molecular complexity index is 407. The molecule has 2 rings (SSSR count). The van der Waals surface area contributed by atoms with Crippen molar-refractivity contribution in [1.82, 2.24) is 0 Å². The Hall–Kier alpha value is -1.41. The third-order valence-electron chi connectivity index (χ3n) is 2.65. The first-order valence-electron chi connectivity index (χ1n) is 5.09. The van der Waals surface area contributed by atoms with E-state index in [2.05, 4.69) is 12.6 Å². The van der Waals surface area contributed by atoms with Crippen LogP contribution in [-0.4, -0.2) is 12.4 Å². The summed E-state index contributed by atoms with van der Waals surface area (Å²) < 4.78 is 5.52. The SMILES string of the molecule is C=C(C)C(=O)C1OCCc2ccccc21. The van der Waals surface area contributed by atoms with Crippen LogP contribution in [0.3, 0.4) is 0 Å². The fourth-order valence-electron chi connectivity index (χ4n) is 1.83. The molecule has 0 fully saturated rings. The predicted molar refractivity (Wildman–Crippen MR) is 58.7 cm³/mol. The molecule has 0 aliphatic carbocycles. The van der Waals surface area contributed by atoms with E-state index < -0.39 is 6.10 Å². The van der Waals surface area contributed by atoms with Crippen LogP contribution in [0.2, 0.25) is 0 Å². The molecule has 2 nitrogen and oxygen atoms in total. The molecule has 0 aromatic heterocycles. The van der Waals surface area contributed by atoms with Crippen molar-refractivity contribution in [2.75, 3.05) is 6.61 Å².